The molecule has 1 aromatic carbocycles. The van der Waals surface area contributed by atoms with Gasteiger partial charge in [-0.15, -0.1) is 23.1 Å². The van der Waals surface area contributed by atoms with E-state index in [1.807, 2.05) is 36.3 Å². The Kier molecular flexibility index (Phi) is 5.84. The first-order valence-electron chi connectivity index (χ1n) is 9.74. The molecule has 1 atom stereocenters. The molecule has 1 aromatic heterocycles. The predicted octanol–water partition coefficient (Wildman–Crippen LogP) is 6.15. The Labute approximate surface area is 193 Å². The maximum atomic E-state index is 13.2. The number of aryl methyl sites for hydroxylation is 2. The number of hydrogen-bond acceptors (Lipinski definition) is 6. The van der Waals surface area contributed by atoms with Gasteiger partial charge < -0.3 is 5.73 Å². The van der Waals surface area contributed by atoms with Crippen molar-refractivity contribution >= 4 is 50.5 Å². The number of nitrogens with two attached hydrogens (primary N) is 1. The van der Waals surface area contributed by atoms with Crippen LogP contribution in [0.1, 0.15) is 41.2 Å². The summed E-state index contributed by atoms with van der Waals surface area (Å²) in [4.78, 5) is 16.3. The summed E-state index contributed by atoms with van der Waals surface area (Å²) in [5.41, 5.74) is 11.8. The van der Waals surface area contributed by atoms with Crippen molar-refractivity contribution in [1.82, 2.24) is 0 Å². The Morgan fingerprint density at radius 2 is 2.07 bits per heavy atom. The van der Waals surface area contributed by atoms with Crippen LogP contribution in [0.5, 0.6) is 0 Å². The van der Waals surface area contributed by atoms with E-state index in [0.717, 1.165) is 49.6 Å². The van der Waals surface area contributed by atoms with Crippen LogP contribution in [0.2, 0.25) is 0 Å². The Bertz CT molecular complexity index is 1160. The van der Waals surface area contributed by atoms with Gasteiger partial charge in [-0.05, 0) is 78.2 Å². The molecule has 0 saturated heterocycles. The van der Waals surface area contributed by atoms with Gasteiger partial charge in [-0.25, -0.2) is 0 Å². The highest BCUT2D eigenvalue weighted by atomic mass is 79.9. The summed E-state index contributed by atoms with van der Waals surface area (Å²) in [7, 11) is 0. The van der Waals surface area contributed by atoms with Gasteiger partial charge in [-0.1, -0.05) is 6.07 Å². The molecule has 2 N–H and O–H groups in total. The Morgan fingerprint density at radius 3 is 2.77 bits per heavy atom. The first kappa shape index (κ1) is 21.2. The largest absolute Gasteiger partial charge is 0.384 e. The number of ketones is 1. The van der Waals surface area contributed by atoms with E-state index in [2.05, 4.69) is 35.0 Å². The lowest BCUT2D eigenvalue weighted by molar-refractivity contribution is -0.116. The minimum absolute atomic E-state index is 0.117. The molecule has 2 aromatic rings. The van der Waals surface area contributed by atoms with Gasteiger partial charge in [-0.3, -0.25) is 9.69 Å². The number of benzene rings is 1. The third-order valence-corrected chi connectivity index (χ3v) is 8.49. The topological polar surface area (TPSA) is 70.1 Å². The second kappa shape index (κ2) is 8.26. The number of nitriles is 1. The molecule has 30 heavy (non-hydrogen) atoms. The van der Waals surface area contributed by atoms with Crippen LogP contribution in [0.25, 0.3) is 0 Å². The molecule has 0 radical (unpaired) electrons. The van der Waals surface area contributed by atoms with Crippen LogP contribution in [0.3, 0.4) is 0 Å². The monoisotopic (exact) mass is 499 g/mol. The summed E-state index contributed by atoms with van der Waals surface area (Å²) < 4.78 is 2.02. The molecular formula is C23H22BrN3OS2. The van der Waals surface area contributed by atoms with Gasteiger partial charge in [0.25, 0.3) is 0 Å². The molecule has 4 nitrogen and oxygen atoms in total. The lowest BCUT2D eigenvalue weighted by Gasteiger charge is -2.40. The molecule has 0 fully saturated rings. The number of anilines is 1. The number of allylic oxidation sites excluding steroid dienone is 3. The number of hydrogen-bond donors (Lipinski definition) is 1. The maximum absolute atomic E-state index is 13.2. The molecule has 7 heteroatoms. The van der Waals surface area contributed by atoms with Crippen molar-refractivity contribution in [1.29, 1.82) is 5.26 Å². The Hall–Kier alpha value is -2.01. The smallest absolute Gasteiger partial charge is 0.161 e. The van der Waals surface area contributed by atoms with E-state index in [1.165, 1.54) is 4.88 Å². The van der Waals surface area contributed by atoms with Crippen molar-refractivity contribution in [2.24, 2.45) is 5.73 Å². The van der Waals surface area contributed by atoms with Crippen LogP contribution in [-0.2, 0) is 4.79 Å². The number of rotatable bonds is 3. The van der Waals surface area contributed by atoms with Crippen molar-refractivity contribution in [3.8, 4) is 6.07 Å². The summed E-state index contributed by atoms with van der Waals surface area (Å²) >= 11 is 7.00. The molecule has 4 rings (SSSR count). The molecule has 2 heterocycles. The van der Waals surface area contributed by atoms with Gasteiger partial charge in [0.15, 0.2) is 5.78 Å². The summed E-state index contributed by atoms with van der Waals surface area (Å²) in [6.07, 6.45) is 4.09. The third-order valence-electron chi connectivity index (χ3n) is 5.60. The van der Waals surface area contributed by atoms with E-state index in [1.54, 1.807) is 23.1 Å². The van der Waals surface area contributed by atoms with E-state index in [4.69, 9.17) is 5.73 Å². The summed E-state index contributed by atoms with van der Waals surface area (Å²) in [5, 5.41) is 10.2. The molecular weight excluding hydrogens is 478 g/mol. The Balaban J connectivity index is 2.02. The van der Waals surface area contributed by atoms with Gasteiger partial charge in [0, 0.05) is 27.0 Å². The quantitative estimate of drug-likeness (QED) is 0.512. The third kappa shape index (κ3) is 3.41. The molecule has 0 spiro atoms. The van der Waals surface area contributed by atoms with Crippen LogP contribution in [-0.4, -0.2) is 12.0 Å². The zero-order chi connectivity index (χ0) is 21.6. The summed E-state index contributed by atoms with van der Waals surface area (Å²) in [6, 6.07) is 10.5. The molecule has 0 saturated carbocycles. The average Bonchev–Trinajstić information content (AvgIpc) is 3.10. The Morgan fingerprint density at radius 1 is 1.30 bits per heavy atom. The molecule has 1 aliphatic carbocycles. The van der Waals surface area contributed by atoms with Gasteiger partial charge in [0.2, 0.25) is 0 Å². The minimum atomic E-state index is -0.398. The fourth-order valence-electron chi connectivity index (χ4n) is 4.34. The number of carbonyl (C=O) groups is 1. The number of thioether (sulfide) groups is 1. The lowest BCUT2D eigenvalue weighted by atomic mass is 9.76. The molecule has 2 aliphatic rings. The van der Waals surface area contributed by atoms with E-state index < -0.39 is 5.92 Å². The van der Waals surface area contributed by atoms with Crippen molar-refractivity contribution < 1.29 is 4.79 Å². The summed E-state index contributed by atoms with van der Waals surface area (Å²) in [5.74, 6) is 0.134. The van der Waals surface area contributed by atoms with E-state index >= 15 is 0 Å². The average molecular weight is 500 g/mol. The SMILES string of the molecule is CSc1sc(C)cc1[C@H]1C(C#N)=C(N)N(c2cc(C)ccc2Br)C2=C1C(=O)CCC2. The van der Waals surface area contributed by atoms with Gasteiger partial charge >= 0.3 is 0 Å². The van der Waals surface area contributed by atoms with E-state index in [-0.39, 0.29) is 5.78 Å². The number of carbonyl (C=O) groups excluding carboxylic acids is 1. The maximum Gasteiger partial charge on any atom is 0.161 e. The lowest BCUT2D eigenvalue weighted by Crippen LogP contribution is -2.39. The molecule has 1 aliphatic heterocycles. The summed E-state index contributed by atoms with van der Waals surface area (Å²) in [6.45, 7) is 4.08. The van der Waals surface area contributed by atoms with Gasteiger partial charge in [0.1, 0.15) is 5.82 Å². The fraction of sp³-hybridized carbons (Fsp3) is 0.304. The second-order valence-electron chi connectivity index (χ2n) is 7.58. The molecule has 0 amide bonds. The van der Waals surface area contributed by atoms with E-state index in [9.17, 15) is 10.1 Å². The van der Waals surface area contributed by atoms with Crippen molar-refractivity contribution in [2.45, 2.75) is 43.2 Å². The minimum Gasteiger partial charge on any atom is -0.384 e. The number of thiophene rings is 1. The molecule has 154 valence electrons. The molecule has 0 bridgehead atoms. The normalized spacial score (nSPS) is 19.2. The number of Topliss-reactive ketones (excluding diaryl/α,β-unsaturated/α-hetero) is 1. The highest BCUT2D eigenvalue weighted by Gasteiger charge is 2.41. The van der Waals surface area contributed by atoms with Crippen molar-refractivity contribution in [3.63, 3.8) is 0 Å². The predicted molar refractivity (Wildman–Crippen MR) is 128 cm³/mol. The van der Waals surface area contributed by atoms with E-state index in [0.29, 0.717) is 17.8 Å². The standard InChI is InChI=1S/C23H22BrN3OS2/c1-12-7-8-16(24)18(9-12)27-17-5-4-6-19(28)21(17)20(15(11-25)22(27)26)14-10-13(2)30-23(14)29-3/h7-10,20H,4-6,26H2,1-3H3/t20-/m0/s1. The number of nitrogens with zero attached hydrogens (tertiary/aromatic N) is 2. The van der Waals surface area contributed by atoms with Gasteiger partial charge in [0.05, 0.1) is 27.5 Å². The zero-order valence-electron chi connectivity index (χ0n) is 17.1. The van der Waals surface area contributed by atoms with Crippen LogP contribution in [0, 0.1) is 25.2 Å². The molecule has 0 unspecified atom stereocenters. The van der Waals surface area contributed by atoms with Crippen molar-refractivity contribution in [3.05, 3.63) is 67.4 Å². The second-order valence-corrected chi connectivity index (χ2v) is 10.8. The van der Waals surface area contributed by atoms with Crippen LogP contribution >= 0.6 is 39.0 Å². The van der Waals surface area contributed by atoms with Crippen molar-refractivity contribution in [2.75, 3.05) is 11.2 Å². The van der Waals surface area contributed by atoms with Crippen LogP contribution < -0.4 is 10.6 Å². The van der Waals surface area contributed by atoms with Gasteiger partial charge in [-0.2, -0.15) is 5.26 Å². The van der Waals surface area contributed by atoms with Crippen LogP contribution in [0.15, 0.2) is 55.6 Å². The number of halogens is 1. The first-order chi connectivity index (χ1) is 14.4. The first-order valence-corrected chi connectivity index (χ1v) is 12.6. The highest BCUT2D eigenvalue weighted by Crippen LogP contribution is 2.50. The van der Waals surface area contributed by atoms with Crippen LogP contribution in [0.4, 0.5) is 5.69 Å². The zero-order valence-corrected chi connectivity index (χ0v) is 20.3. The highest BCUT2D eigenvalue weighted by molar-refractivity contribution is 9.10. The fourth-order valence-corrected chi connectivity index (χ4v) is 6.68.